The molecule has 0 aromatic heterocycles. The van der Waals surface area contributed by atoms with Gasteiger partial charge in [0.2, 0.25) is 0 Å². The second-order valence-electron chi connectivity index (χ2n) is 6.08. The summed E-state index contributed by atoms with van der Waals surface area (Å²) in [5.41, 5.74) is 4.85. The minimum Gasteiger partial charge on any atom is -0.497 e. The average molecular weight is 361 g/mol. The van der Waals surface area contributed by atoms with Crippen LogP contribution in [0.3, 0.4) is 0 Å². The van der Waals surface area contributed by atoms with Crippen molar-refractivity contribution in [2.45, 2.75) is 16.1 Å². The largest absolute Gasteiger partial charge is 0.497 e. The summed E-state index contributed by atoms with van der Waals surface area (Å²) in [5.74, 6) is -1.29. The maximum absolute atomic E-state index is 13.0. The Morgan fingerprint density at radius 2 is 1.76 bits per heavy atom. The molecule has 0 heterocycles. The first kappa shape index (κ1) is 17.4. The molecule has 7 heteroatoms. The van der Waals surface area contributed by atoms with Crippen molar-refractivity contribution in [3.05, 3.63) is 60.2 Å². The molecule has 2 aromatic carbocycles. The van der Waals surface area contributed by atoms with Gasteiger partial charge in [0.15, 0.2) is 9.84 Å². The van der Waals surface area contributed by atoms with Crippen LogP contribution >= 0.6 is 0 Å². The minimum atomic E-state index is -3.84. The van der Waals surface area contributed by atoms with Crippen LogP contribution in [0.15, 0.2) is 59.5 Å². The van der Waals surface area contributed by atoms with Crippen molar-refractivity contribution in [1.82, 2.24) is 0 Å². The second kappa shape index (κ2) is 6.16. The van der Waals surface area contributed by atoms with Crippen molar-refractivity contribution >= 4 is 15.8 Å². The van der Waals surface area contributed by atoms with Crippen LogP contribution in [-0.4, -0.2) is 38.4 Å². The number of carbonyl (C=O) groups is 1. The summed E-state index contributed by atoms with van der Waals surface area (Å²) in [6, 6.07) is 14.6. The lowest BCUT2D eigenvalue weighted by Gasteiger charge is -2.10. The predicted molar refractivity (Wildman–Crippen MR) is 92.3 cm³/mol. The van der Waals surface area contributed by atoms with Gasteiger partial charge in [-0.05, 0) is 29.8 Å². The van der Waals surface area contributed by atoms with E-state index >= 15 is 0 Å². The SMILES string of the molecule is COc1ccc([C@@H]2[C@H](S(=O)(=O)c3ccccc3)[C@]2(CN)C(=O)O)cc1. The third-order valence-corrected chi connectivity index (χ3v) is 7.16. The van der Waals surface area contributed by atoms with E-state index < -0.39 is 32.4 Å². The minimum absolute atomic E-state index is 0.107. The van der Waals surface area contributed by atoms with Crippen molar-refractivity contribution in [3.63, 3.8) is 0 Å². The van der Waals surface area contributed by atoms with E-state index in [-0.39, 0.29) is 11.4 Å². The molecule has 0 spiro atoms. The Balaban J connectivity index is 2.08. The van der Waals surface area contributed by atoms with E-state index in [4.69, 9.17) is 10.5 Å². The molecule has 132 valence electrons. The maximum Gasteiger partial charge on any atom is 0.312 e. The van der Waals surface area contributed by atoms with Crippen LogP contribution in [0.4, 0.5) is 0 Å². The Bertz CT molecular complexity index is 879. The van der Waals surface area contributed by atoms with Crippen LogP contribution < -0.4 is 10.5 Å². The standard InChI is InChI=1S/C18H19NO5S/c1-24-13-9-7-12(8-10-13)15-16(18(15,11-19)17(20)21)25(22,23)14-5-3-2-4-6-14/h2-10,15-16H,11,19H2,1H3,(H,20,21)/t15-,16+,18-/m1/s1. The highest BCUT2D eigenvalue weighted by Gasteiger charge is 2.75. The number of benzene rings is 2. The first-order valence-corrected chi connectivity index (χ1v) is 9.30. The fourth-order valence-corrected chi connectivity index (χ4v) is 5.89. The number of carboxylic acid groups (broad SMARTS) is 1. The molecule has 0 aliphatic heterocycles. The van der Waals surface area contributed by atoms with Gasteiger partial charge in [-0.15, -0.1) is 0 Å². The van der Waals surface area contributed by atoms with E-state index in [1.165, 1.54) is 19.2 Å². The predicted octanol–water partition coefficient (Wildman–Crippen LogP) is 1.66. The molecule has 1 saturated carbocycles. The second-order valence-corrected chi connectivity index (χ2v) is 8.15. The summed E-state index contributed by atoms with van der Waals surface area (Å²) in [5, 5.41) is 8.65. The normalized spacial score (nSPS) is 25.4. The molecule has 3 atom stereocenters. The highest BCUT2D eigenvalue weighted by Crippen LogP contribution is 2.63. The number of hydrogen-bond donors (Lipinski definition) is 2. The van der Waals surface area contributed by atoms with E-state index in [0.29, 0.717) is 11.3 Å². The lowest BCUT2D eigenvalue weighted by Crippen LogP contribution is -2.31. The summed E-state index contributed by atoms with van der Waals surface area (Å²) >= 11 is 0. The van der Waals surface area contributed by atoms with Crippen LogP contribution in [0.1, 0.15) is 11.5 Å². The lowest BCUT2D eigenvalue weighted by molar-refractivity contribution is -0.143. The van der Waals surface area contributed by atoms with Gasteiger partial charge >= 0.3 is 5.97 Å². The molecule has 0 unspecified atom stereocenters. The molecule has 0 bridgehead atoms. The van der Waals surface area contributed by atoms with Crippen LogP contribution in [0.25, 0.3) is 0 Å². The van der Waals surface area contributed by atoms with E-state index in [9.17, 15) is 18.3 Å². The van der Waals surface area contributed by atoms with Gasteiger partial charge < -0.3 is 15.6 Å². The molecule has 0 radical (unpaired) electrons. The number of sulfone groups is 1. The first-order valence-electron chi connectivity index (χ1n) is 7.76. The molecule has 3 N–H and O–H groups in total. The summed E-state index contributed by atoms with van der Waals surface area (Å²) < 4.78 is 31.2. The maximum atomic E-state index is 13.0. The summed E-state index contributed by atoms with van der Waals surface area (Å²) in [6.07, 6.45) is 0. The van der Waals surface area contributed by atoms with Crippen molar-refractivity contribution < 1.29 is 23.1 Å². The van der Waals surface area contributed by atoms with Gasteiger partial charge in [0, 0.05) is 12.5 Å². The molecule has 1 aliphatic carbocycles. The Labute approximate surface area is 146 Å². The number of hydrogen-bond acceptors (Lipinski definition) is 5. The molecular formula is C18H19NO5S. The number of aliphatic carboxylic acids is 1. The molecule has 3 rings (SSSR count). The fraction of sp³-hybridized carbons (Fsp3) is 0.278. The number of methoxy groups -OCH3 is 1. The van der Waals surface area contributed by atoms with Crippen molar-refractivity contribution in [2.24, 2.45) is 11.1 Å². The van der Waals surface area contributed by atoms with Crippen molar-refractivity contribution in [1.29, 1.82) is 0 Å². The van der Waals surface area contributed by atoms with Gasteiger partial charge in [0.1, 0.15) is 11.2 Å². The molecule has 1 fully saturated rings. The fourth-order valence-electron chi connectivity index (χ4n) is 3.49. The van der Waals surface area contributed by atoms with Gasteiger partial charge in [-0.25, -0.2) is 8.42 Å². The zero-order chi connectivity index (χ0) is 18.2. The van der Waals surface area contributed by atoms with Gasteiger partial charge in [0.25, 0.3) is 0 Å². The third kappa shape index (κ3) is 2.60. The van der Waals surface area contributed by atoms with Crippen LogP contribution in [0.2, 0.25) is 0 Å². The summed E-state index contributed by atoms with van der Waals surface area (Å²) in [4.78, 5) is 12.0. The Morgan fingerprint density at radius 3 is 2.24 bits per heavy atom. The molecule has 1 aliphatic rings. The third-order valence-electron chi connectivity index (χ3n) is 4.87. The highest BCUT2D eigenvalue weighted by atomic mass is 32.2. The van der Waals surface area contributed by atoms with Crippen molar-refractivity contribution in [2.75, 3.05) is 13.7 Å². The Hall–Kier alpha value is -2.38. The monoisotopic (exact) mass is 361 g/mol. The summed E-state index contributed by atoms with van der Waals surface area (Å²) in [7, 11) is -2.31. The van der Waals surface area contributed by atoms with Crippen LogP contribution in [-0.2, 0) is 14.6 Å². The molecule has 25 heavy (non-hydrogen) atoms. The van der Waals surface area contributed by atoms with Gasteiger partial charge in [-0.2, -0.15) is 0 Å². The number of carboxylic acids is 1. The smallest absolute Gasteiger partial charge is 0.312 e. The van der Waals surface area contributed by atoms with E-state index in [1.807, 2.05) is 0 Å². The first-order chi connectivity index (χ1) is 11.9. The van der Waals surface area contributed by atoms with E-state index in [0.717, 1.165) is 0 Å². The number of rotatable bonds is 6. The molecule has 0 amide bonds. The zero-order valence-corrected chi connectivity index (χ0v) is 14.4. The van der Waals surface area contributed by atoms with Gasteiger partial charge in [0.05, 0.1) is 17.3 Å². The molecule has 2 aromatic rings. The van der Waals surface area contributed by atoms with Gasteiger partial charge in [-0.1, -0.05) is 30.3 Å². The Kier molecular flexibility index (Phi) is 4.30. The van der Waals surface area contributed by atoms with Crippen LogP contribution in [0.5, 0.6) is 5.75 Å². The number of nitrogens with two attached hydrogens (primary N) is 1. The van der Waals surface area contributed by atoms with Crippen LogP contribution in [0, 0.1) is 5.41 Å². The highest BCUT2D eigenvalue weighted by molar-refractivity contribution is 7.92. The van der Waals surface area contributed by atoms with Crippen molar-refractivity contribution in [3.8, 4) is 5.75 Å². The number of ether oxygens (including phenoxy) is 1. The zero-order valence-electron chi connectivity index (χ0n) is 13.6. The van der Waals surface area contributed by atoms with Gasteiger partial charge in [-0.3, -0.25) is 4.79 Å². The topological polar surface area (TPSA) is 107 Å². The molecular weight excluding hydrogens is 342 g/mol. The molecule has 0 saturated heterocycles. The lowest BCUT2D eigenvalue weighted by atomic mass is 9.99. The average Bonchev–Trinajstić information content (AvgIpc) is 3.34. The Morgan fingerprint density at radius 1 is 1.16 bits per heavy atom. The van der Waals surface area contributed by atoms with E-state index in [2.05, 4.69) is 0 Å². The molecule has 6 nitrogen and oxygen atoms in total. The quantitative estimate of drug-likeness (QED) is 0.810. The summed E-state index contributed by atoms with van der Waals surface area (Å²) in [6.45, 7) is -0.254. The van der Waals surface area contributed by atoms with E-state index in [1.54, 1.807) is 42.5 Å².